The fourth-order valence-electron chi connectivity index (χ4n) is 12.2. The third-order valence-electron chi connectivity index (χ3n) is 18.3. The van der Waals surface area contributed by atoms with Crippen LogP contribution in [-0.2, 0) is 88.6 Å². The Labute approximate surface area is 719 Å². The van der Waals surface area contributed by atoms with E-state index in [1.165, 1.54) is 334 Å². The molecule has 105 heavy (non-hydrogen) atoms. The molecule has 0 fully saturated rings. The molecule has 0 N–H and O–H groups in total. The number of unbranched alkanes of at least 4 members (excludes halogenated alkanes) is 56. The molecule has 0 saturated heterocycles. The SMILES string of the molecule is C.C.C/C=C/CCCCCCCCCCCCCCCCC(=O)OCC[S-].C/C=C/CCCCCCCCCCCCCCCCC(=O)OCC[S-].C/C=C/CCCCCCCCCCCCCCCCC(=O)OCC[S-].C/C=C/CCCCCCCCCCCCCCCCC(=O)OCC[S-].S.[Sn+2].[Sn+2]. The van der Waals surface area contributed by atoms with Crippen molar-refractivity contribution in [2.24, 2.45) is 0 Å². The quantitative estimate of drug-likeness (QED) is 0.0145. The fourth-order valence-corrected chi connectivity index (χ4v) is 12.5. The van der Waals surface area contributed by atoms with Crippen molar-refractivity contribution in [1.82, 2.24) is 0 Å². The van der Waals surface area contributed by atoms with Crippen molar-refractivity contribution in [2.45, 2.75) is 453 Å². The van der Waals surface area contributed by atoms with Crippen LogP contribution in [0.5, 0.6) is 0 Å². The number of allylic oxidation sites excluding steroid dienone is 8. The van der Waals surface area contributed by atoms with Gasteiger partial charge in [0.05, 0.1) is 26.4 Å². The van der Waals surface area contributed by atoms with Gasteiger partial charge in [-0.15, -0.1) is 23.0 Å². The Morgan fingerprint density at radius 1 is 0.210 bits per heavy atom. The van der Waals surface area contributed by atoms with Gasteiger partial charge in [0.2, 0.25) is 0 Å². The normalized spacial score (nSPS) is 10.7. The van der Waals surface area contributed by atoms with Gasteiger partial charge in [-0.05, 0) is 105 Å². The smallest absolute Gasteiger partial charge is 0.789 e. The molecular weight excluding hydrogens is 1610 g/mol. The Hall–Kier alpha value is 0.187. The van der Waals surface area contributed by atoms with E-state index in [2.05, 4.69) is 76.3 Å². The van der Waals surface area contributed by atoms with Gasteiger partial charge in [0, 0.05) is 25.7 Å². The molecule has 4 radical (unpaired) electrons. The van der Waals surface area contributed by atoms with Crippen molar-refractivity contribution in [3.63, 3.8) is 0 Å². The maximum absolute atomic E-state index is 11.3. The summed E-state index contributed by atoms with van der Waals surface area (Å²) in [6, 6.07) is 0. The molecule has 0 atom stereocenters. The average molecular weight is 1780 g/mol. The molecule has 8 nitrogen and oxygen atoms in total. The molecule has 620 valence electrons. The van der Waals surface area contributed by atoms with E-state index in [9.17, 15) is 19.2 Å². The zero-order chi connectivity index (χ0) is 73.7. The molecule has 0 heterocycles. The zero-order valence-electron chi connectivity index (χ0n) is 67.9. The molecule has 15 heteroatoms. The van der Waals surface area contributed by atoms with Crippen molar-refractivity contribution in [3.8, 4) is 0 Å². The molecule has 0 aromatic heterocycles. The zero-order valence-corrected chi connectivity index (χ0v) is 77.9. The third-order valence-corrected chi connectivity index (χ3v) is 19.0. The Kier molecular flexibility index (Phi) is 141. The van der Waals surface area contributed by atoms with Gasteiger partial charge in [-0.2, -0.15) is 13.5 Å². The number of hydrogen-bond donors (Lipinski definition) is 0. The van der Waals surface area contributed by atoms with Crippen LogP contribution in [0.4, 0.5) is 0 Å². The number of ether oxygens (including phenoxy) is 4. The summed E-state index contributed by atoms with van der Waals surface area (Å²) in [6.45, 7) is 9.98. The molecule has 0 saturated carbocycles. The van der Waals surface area contributed by atoms with E-state index in [1.807, 2.05) is 0 Å². The van der Waals surface area contributed by atoms with Crippen LogP contribution >= 0.6 is 13.5 Å². The van der Waals surface area contributed by atoms with Gasteiger partial charge in [0.1, 0.15) is 0 Å². The van der Waals surface area contributed by atoms with E-state index in [4.69, 9.17) is 69.5 Å². The van der Waals surface area contributed by atoms with Crippen molar-refractivity contribution in [1.29, 1.82) is 0 Å². The van der Waals surface area contributed by atoms with E-state index in [1.54, 1.807) is 0 Å². The van der Waals surface area contributed by atoms with Crippen LogP contribution in [0.3, 0.4) is 0 Å². The summed E-state index contributed by atoms with van der Waals surface area (Å²) in [4.78, 5) is 45.2. The first-order valence-electron chi connectivity index (χ1n) is 42.6. The Bertz CT molecular complexity index is 1470. The van der Waals surface area contributed by atoms with E-state index >= 15 is 0 Å². The number of carbonyl (C=O) groups is 4. The molecule has 0 aromatic carbocycles. The summed E-state index contributed by atoms with van der Waals surface area (Å²) in [5.74, 6) is 1.69. The molecule has 0 aliphatic carbocycles. The first-order chi connectivity index (χ1) is 49.2. The molecular formula is C90H174O8S5Sn2. The minimum atomic E-state index is -0.0809. The molecule has 0 aliphatic heterocycles. The Morgan fingerprint density at radius 3 is 0.419 bits per heavy atom. The second kappa shape index (κ2) is 120. The van der Waals surface area contributed by atoms with Gasteiger partial charge in [0.25, 0.3) is 0 Å². The van der Waals surface area contributed by atoms with Gasteiger partial charge in [-0.1, -0.05) is 372 Å². The monoisotopic (exact) mass is 1780 g/mol. The molecule has 0 aromatic rings. The molecule has 0 rings (SSSR count). The molecule has 0 amide bonds. The first kappa shape index (κ1) is 123. The molecule has 0 aliphatic rings. The van der Waals surface area contributed by atoms with Gasteiger partial charge < -0.3 is 69.5 Å². The summed E-state index contributed by atoms with van der Waals surface area (Å²) in [7, 11) is 0. The summed E-state index contributed by atoms with van der Waals surface area (Å²) >= 11 is 19.0. The summed E-state index contributed by atoms with van der Waals surface area (Å²) in [6.07, 6.45) is 99.6. The predicted octanol–water partition coefficient (Wildman–Crippen LogP) is 28.2. The second-order valence-electron chi connectivity index (χ2n) is 27.9. The van der Waals surface area contributed by atoms with Crippen LogP contribution in [0, 0.1) is 0 Å². The number of carbonyl (C=O) groups excluding carboxylic acids is 4. The van der Waals surface area contributed by atoms with Crippen molar-refractivity contribution >= 4 is 136 Å². The minimum absolute atomic E-state index is 0. The van der Waals surface area contributed by atoms with Crippen LogP contribution in [-0.4, -0.2) is 121 Å². The van der Waals surface area contributed by atoms with E-state index in [-0.39, 0.29) is 100 Å². The fraction of sp³-hybridized carbons (Fsp3) is 0.867. The van der Waals surface area contributed by atoms with Crippen molar-refractivity contribution < 1.29 is 38.1 Å². The Morgan fingerprint density at radius 2 is 0.314 bits per heavy atom. The maximum Gasteiger partial charge on any atom is 2.00 e. The molecule has 0 spiro atoms. The summed E-state index contributed by atoms with van der Waals surface area (Å²) in [5.41, 5.74) is 0. The summed E-state index contributed by atoms with van der Waals surface area (Å²) < 4.78 is 19.9. The van der Waals surface area contributed by atoms with Gasteiger partial charge in [-0.25, -0.2) is 0 Å². The van der Waals surface area contributed by atoms with Crippen LogP contribution in [0.25, 0.3) is 0 Å². The third kappa shape index (κ3) is 128. The van der Waals surface area contributed by atoms with E-state index < -0.39 is 0 Å². The number of hydrogen-bond acceptors (Lipinski definition) is 12. The van der Waals surface area contributed by atoms with Crippen LogP contribution in [0.15, 0.2) is 48.6 Å². The van der Waals surface area contributed by atoms with Crippen LogP contribution in [0.2, 0.25) is 0 Å². The molecule has 0 bridgehead atoms. The second-order valence-corrected chi connectivity index (χ2v) is 29.6. The average Bonchev–Trinajstić information content (AvgIpc) is 3.63. The van der Waals surface area contributed by atoms with E-state index in [0.29, 0.717) is 75.1 Å². The van der Waals surface area contributed by atoms with Crippen molar-refractivity contribution in [2.75, 3.05) is 49.4 Å². The number of rotatable bonds is 76. The molecule has 0 unspecified atom stereocenters. The standard InChI is InChI=1S/4C22H42O2S.2CH4.H2S.2Sn/c4*1-2-3-4-5-6-7-8-9-10-11-12-13-14-15-16-17-18-19-22(23)24-20-21-25;;;;;/h4*2-3,25H,4-21H2,1H3;2*1H4;1H2;;/q;;;;;;;2*+2/p-4/b4*3-2+;;;;;. The topological polar surface area (TPSA) is 105 Å². The largest absolute Gasteiger partial charge is 2.00 e. The minimum Gasteiger partial charge on any atom is -0.789 e. The Balaban J connectivity index is -0.000000165. The predicted molar refractivity (Wildman–Crippen MR) is 483 cm³/mol. The first-order valence-corrected chi connectivity index (χ1v) is 44.9. The van der Waals surface area contributed by atoms with Crippen molar-refractivity contribution in [3.05, 3.63) is 48.6 Å². The maximum atomic E-state index is 11.3. The number of esters is 4. The summed E-state index contributed by atoms with van der Waals surface area (Å²) in [5, 5.41) is 0. The van der Waals surface area contributed by atoms with Crippen LogP contribution in [0.1, 0.15) is 453 Å². The van der Waals surface area contributed by atoms with Gasteiger partial charge >= 0.3 is 71.7 Å². The van der Waals surface area contributed by atoms with Gasteiger partial charge in [0.15, 0.2) is 0 Å². The van der Waals surface area contributed by atoms with E-state index in [0.717, 1.165) is 51.4 Å². The van der Waals surface area contributed by atoms with Crippen LogP contribution < -0.4 is 0 Å². The van der Waals surface area contributed by atoms with Gasteiger partial charge in [-0.3, -0.25) is 19.2 Å².